The van der Waals surface area contributed by atoms with Crippen LogP contribution >= 0.6 is 0 Å². The SMILES string of the molecule is C.Cc1ccc(CC(=O)C2(C)CC2)cc1-c1ccc(S(=O)(=O)N2CCCCC2CO)cc1.c1ccc2c(c1)OCO2. The molecule has 1 saturated carbocycles. The molecule has 0 radical (unpaired) electrons. The van der Waals surface area contributed by atoms with Gasteiger partial charge in [-0.05, 0) is 79.1 Å². The molecule has 3 aliphatic rings. The number of ether oxygens (including phenoxy) is 2. The van der Waals surface area contributed by atoms with Crippen molar-refractivity contribution in [3.63, 3.8) is 0 Å². The molecule has 1 unspecified atom stereocenters. The Morgan fingerprint density at radius 3 is 2.27 bits per heavy atom. The number of Topliss-reactive ketones (excluding diaryl/α,β-unsaturated/α-hetero) is 1. The van der Waals surface area contributed by atoms with Crippen molar-refractivity contribution in [2.75, 3.05) is 19.9 Å². The molecule has 7 nitrogen and oxygen atoms in total. The van der Waals surface area contributed by atoms with Crippen LogP contribution in [-0.4, -0.2) is 49.6 Å². The molecule has 220 valence electrons. The van der Waals surface area contributed by atoms with Crippen LogP contribution in [0, 0.1) is 12.3 Å². The van der Waals surface area contributed by atoms with Gasteiger partial charge in [0, 0.05) is 24.4 Å². The molecule has 0 bridgehead atoms. The zero-order chi connectivity index (χ0) is 28.3. The molecule has 2 aliphatic heterocycles. The van der Waals surface area contributed by atoms with Gasteiger partial charge in [0.05, 0.1) is 11.5 Å². The number of nitrogens with zero attached hydrogens (tertiary/aromatic N) is 1. The number of hydrogen-bond acceptors (Lipinski definition) is 6. The van der Waals surface area contributed by atoms with E-state index < -0.39 is 10.0 Å². The molecule has 1 aliphatic carbocycles. The highest BCUT2D eigenvalue weighted by Crippen LogP contribution is 2.46. The minimum Gasteiger partial charge on any atom is -0.454 e. The molecule has 41 heavy (non-hydrogen) atoms. The number of aryl methyl sites for hydroxylation is 1. The number of fused-ring (bicyclic) bond motifs is 1. The van der Waals surface area contributed by atoms with Gasteiger partial charge in [-0.1, -0.05) is 63.2 Å². The Hall–Kier alpha value is -3.20. The average Bonchev–Trinajstić information content (AvgIpc) is 3.55. The zero-order valence-electron chi connectivity index (χ0n) is 23.1. The van der Waals surface area contributed by atoms with Gasteiger partial charge in [-0.25, -0.2) is 8.42 Å². The predicted molar refractivity (Wildman–Crippen MR) is 161 cm³/mol. The molecule has 3 aromatic rings. The number of para-hydroxylation sites is 2. The van der Waals surface area contributed by atoms with Gasteiger partial charge in [0.2, 0.25) is 16.8 Å². The van der Waals surface area contributed by atoms with Crippen LogP contribution in [0.5, 0.6) is 11.5 Å². The van der Waals surface area contributed by atoms with Crippen LogP contribution in [-0.2, 0) is 21.2 Å². The van der Waals surface area contributed by atoms with Gasteiger partial charge in [0.15, 0.2) is 11.5 Å². The van der Waals surface area contributed by atoms with E-state index in [1.54, 1.807) is 12.1 Å². The summed E-state index contributed by atoms with van der Waals surface area (Å²) >= 11 is 0. The van der Waals surface area contributed by atoms with E-state index in [9.17, 15) is 18.3 Å². The maximum absolute atomic E-state index is 13.1. The number of sulfonamides is 1. The van der Waals surface area contributed by atoms with Crippen molar-refractivity contribution in [2.24, 2.45) is 5.41 Å². The van der Waals surface area contributed by atoms with Crippen LogP contribution < -0.4 is 9.47 Å². The van der Waals surface area contributed by atoms with Crippen LogP contribution in [0.4, 0.5) is 0 Å². The van der Waals surface area contributed by atoms with Crippen LogP contribution in [0.2, 0.25) is 0 Å². The number of carbonyl (C=O) groups is 1. The maximum Gasteiger partial charge on any atom is 0.243 e. The number of ketones is 1. The first-order valence-corrected chi connectivity index (χ1v) is 15.4. The van der Waals surface area contributed by atoms with E-state index in [0.29, 0.717) is 32.0 Å². The Labute approximate surface area is 244 Å². The lowest BCUT2D eigenvalue weighted by atomic mass is 9.93. The molecule has 2 heterocycles. The second kappa shape index (κ2) is 12.8. The molecule has 6 rings (SSSR count). The number of piperidine rings is 1. The molecule has 0 spiro atoms. The Morgan fingerprint density at radius 1 is 1.00 bits per heavy atom. The number of carbonyl (C=O) groups excluding carboxylic acids is 1. The minimum absolute atomic E-state index is 0. The molecule has 0 aromatic heterocycles. The summed E-state index contributed by atoms with van der Waals surface area (Å²) in [7, 11) is -3.64. The fourth-order valence-electron chi connectivity index (χ4n) is 5.22. The van der Waals surface area contributed by atoms with E-state index in [1.165, 1.54) is 4.31 Å². The summed E-state index contributed by atoms with van der Waals surface area (Å²) in [4.78, 5) is 12.7. The summed E-state index contributed by atoms with van der Waals surface area (Å²) in [6.45, 7) is 4.71. The number of benzene rings is 3. The third-order valence-corrected chi connectivity index (χ3v) is 10.1. The van der Waals surface area contributed by atoms with Crippen molar-refractivity contribution in [3.8, 4) is 22.6 Å². The van der Waals surface area contributed by atoms with Gasteiger partial charge in [-0.2, -0.15) is 4.31 Å². The smallest absolute Gasteiger partial charge is 0.243 e. The molecular weight excluding hydrogens is 538 g/mol. The second-order valence-electron chi connectivity index (χ2n) is 11.1. The van der Waals surface area contributed by atoms with E-state index in [2.05, 4.69) is 6.07 Å². The quantitative estimate of drug-likeness (QED) is 0.360. The van der Waals surface area contributed by atoms with Crippen molar-refractivity contribution in [2.45, 2.75) is 70.7 Å². The Balaban J connectivity index is 0.000000327. The summed E-state index contributed by atoms with van der Waals surface area (Å²) in [5.41, 5.74) is 3.89. The Bertz CT molecular complexity index is 1440. The lowest BCUT2D eigenvalue weighted by Gasteiger charge is -2.33. The monoisotopic (exact) mass is 579 g/mol. The third-order valence-electron chi connectivity index (χ3n) is 8.17. The molecule has 8 heteroatoms. The van der Waals surface area contributed by atoms with Gasteiger partial charge < -0.3 is 14.6 Å². The van der Waals surface area contributed by atoms with Gasteiger partial charge in [0.25, 0.3) is 0 Å². The van der Waals surface area contributed by atoms with Crippen LogP contribution in [0.25, 0.3) is 11.1 Å². The first kappa shape index (κ1) is 30.8. The number of aliphatic hydroxyl groups excluding tert-OH is 1. The number of aliphatic hydroxyl groups is 1. The van der Waals surface area contributed by atoms with Crippen LogP contribution in [0.15, 0.2) is 71.6 Å². The molecule has 0 amide bonds. The Morgan fingerprint density at radius 2 is 1.66 bits per heavy atom. The first-order chi connectivity index (χ1) is 19.2. The largest absolute Gasteiger partial charge is 0.454 e. The normalized spacial score (nSPS) is 19.0. The summed E-state index contributed by atoms with van der Waals surface area (Å²) in [5.74, 6) is 1.98. The number of hydrogen-bond donors (Lipinski definition) is 1. The van der Waals surface area contributed by atoms with E-state index in [1.807, 2.05) is 62.4 Å². The number of rotatable bonds is 7. The molecular formula is C33H41NO6S. The van der Waals surface area contributed by atoms with Crippen LogP contribution in [0.3, 0.4) is 0 Å². The van der Waals surface area contributed by atoms with Gasteiger partial charge in [0.1, 0.15) is 5.78 Å². The Kier molecular flexibility index (Phi) is 9.57. The fourth-order valence-corrected chi connectivity index (χ4v) is 6.90. The van der Waals surface area contributed by atoms with E-state index >= 15 is 0 Å². The summed E-state index contributed by atoms with van der Waals surface area (Å²) in [6.07, 6.45) is 4.85. The highest BCUT2D eigenvalue weighted by molar-refractivity contribution is 7.89. The maximum atomic E-state index is 13.1. The lowest BCUT2D eigenvalue weighted by molar-refractivity contribution is -0.122. The summed E-state index contributed by atoms with van der Waals surface area (Å²) in [5, 5.41) is 9.61. The van der Waals surface area contributed by atoms with Gasteiger partial charge in [-0.3, -0.25) is 4.79 Å². The topological polar surface area (TPSA) is 93.1 Å². The lowest BCUT2D eigenvalue weighted by Crippen LogP contribution is -2.45. The molecule has 2 fully saturated rings. The average molecular weight is 580 g/mol. The first-order valence-electron chi connectivity index (χ1n) is 13.9. The van der Waals surface area contributed by atoms with Crippen molar-refractivity contribution < 1.29 is 27.8 Å². The summed E-state index contributed by atoms with van der Waals surface area (Å²) < 4.78 is 37.8. The van der Waals surface area contributed by atoms with Crippen molar-refractivity contribution in [1.82, 2.24) is 4.31 Å². The van der Waals surface area contributed by atoms with Crippen molar-refractivity contribution in [1.29, 1.82) is 0 Å². The minimum atomic E-state index is -3.64. The molecule has 1 saturated heterocycles. The summed E-state index contributed by atoms with van der Waals surface area (Å²) in [6, 6.07) is 20.3. The molecule has 1 N–H and O–H groups in total. The van der Waals surface area contributed by atoms with Crippen molar-refractivity contribution >= 4 is 15.8 Å². The van der Waals surface area contributed by atoms with Crippen molar-refractivity contribution in [3.05, 3.63) is 77.9 Å². The van der Waals surface area contributed by atoms with E-state index in [4.69, 9.17) is 9.47 Å². The van der Waals surface area contributed by atoms with Gasteiger partial charge in [-0.15, -0.1) is 0 Å². The standard InChI is InChI=1S/C25H31NO4S.C7H6O2.CH4/c1-18-6-7-19(16-24(28)25(2)12-13-25)15-23(18)20-8-10-22(11-9-20)31(29,30)26-14-4-3-5-21(26)17-27;1-2-4-7-6(3-1)8-5-9-7;/h6-11,15,21,27H,3-5,12-14,16-17H2,1-2H3;1-4H,5H2;1H4. The second-order valence-corrected chi connectivity index (χ2v) is 13.0. The predicted octanol–water partition coefficient (Wildman–Crippen LogP) is 6.16. The van der Waals surface area contributed by atoms with Crippen LogP contribution in [0.1, 0.15) is 57.6 Å². The zero-order valence-corrected chi connectivity index (χ0v) is 24.0. The highest BCUT2D eigenvalue weighted by atomic mass is 32.2. The van der Waals surface area contributed by atoms with E-state index in [-0.39, 0.29) is 30.4 Å². The van der Waals surface area contributed by atoms with Gasteiger partial charge >= 0.3 is 0 Å². The molecule has 1 atom stereocenters. The van der Waals surface area contributed by atoms with E-state index in [0.717, 1.165) is 59.4 Å². The third kappa shape index (κ3) is 6.83. The fraction of sp³-hybridized carbons (Fsp3) is 0.424. The molecule has 3 aromatic carbocycles. The highest BCUT2D eigenvalue weighted by Gasteiger charge is 2.44.